The second-order valence-corrected chi connectivity index (χ2v) is 7.29. The summed E-state index contributed by atoms with van der Waals surface area (Å²) in [5.74, 6) is 5.91. The number of likely N-dealkylation sites (N-methyl/N-ethyl adjacent to an activating group) is 1. The van der Waals surface area contributed by atoms with Gasteiger partial charge in [-0.1, -0.05) is 6.92 Å². The third-order valence-electron chi connectivity index (χ3n) is 3.72. The van der Waals surface area contributed by atoms with Crippen molar-refractivity contribution in [3.05, 3.63) is 18.3 Å². The van der Waals surface area contributed by atoms with E-state index < -0.39 is 10.0 Å². The number of sulfonamides is 1. The lowest BCUT2D eigenvalue weighted by atomic mass is 10.1. The highest BCUT2D eigenvalue weighted by atomic mass is 32.2. The van der Waals surface area contributed by atoms with E-state index in [0.29, 0.717) is 24.8 Å². The van der Waals surface area contributed by atoms with Crippen LogP contribution in [0.5, 0.6) is 0 Å². The summed E-state index contributed by atoms with van der Waals surface area (Å²) in [6.07, 6.45) is 1.44. The Morgan fingerprint density at radius 2 is 2.15 bits per heavy atom. The molecule has 8 heteroatoms. The van der Waals surface area contributed by atoms with Crippen LogP contribution in [0.2, 0.25) is 0 Å². The predicted molar refractivity (Wildman–Crippen MR) is 77.4 cm³/mol. The summed E-state index contributed by atoms with van der Waals surface area (Å²) < 4.78 is 26.8. The normalized spacial score (nSPS) is 24.2. The van der Waals surface area contributed by atoms with Gasteiger partial charge in [0.25, 0.3) is 0 Å². The Kier molecular flexibility index (Phi) is 4.28. The van der Waals surface area contributed by atoms with Crippen LogP contribution in [0.1, 0.15) is 6.92 Å². The molecule has 0 bridgehead atoms. The van der Waals surface area contributed by atoms with Crippen molar-refractivity contribution in [3.63, 3.8) is 0 Å². The van der Waals surface area contributed by atoms with Crippen molar-refractivity contribution in [1.82, 2.24) is 14.2 Å². The van der Waals surface area contributed by atoms with Crippen LogP contribution in [0.15, 0.2) is 23.2 Å². The first kappa shape index (κ1) is 15.2. The molecule has 3 N–H and O–H groups in total. The summed E-state index contributed by atoms with van der Waals surface area (Å²) in [6, 6.07) is 3.17. The van der Waals surface area contributed by atoms with Gasteiger partial charge in [-0.15, -0.1) is 0 Å². The van der Waals surface area contributed by atoms with E-state index in [-0.39, 0.29) is 10.9 Å². The maximum Gasteiger partial charge on any atom is 0.243 e. The van der Waals surface area contributed by atoms with Crippen LogP contribution in [-0.4, -0.2) is 55.8 Å². The van der Waals surface area contributed by atoms with Crippen molar-refractivity contribution >= 4 is 15.8 Å². The number of nitrogens with one attached hydrogen (secondary N) is 1. The molecule has 0 aromatic carbocycles. The van der Waals surface area contributed by atoms with E-state index in [4.69, 9.17) is 5.84 Å². The molecular formula is C12H21N5O2S. The molecule has 0 spiro atoms. The molecule has 0 aliphatic carbocycles. The van der Waals surface area contributed by atoms with Crippen molar-refractivity contribution in [2.45, 2.75) is 17.9 Å². The van der Waals surface area contributed by atoms with Gasteiger partial charge in [0.05, 0.1) is 4.90 Å². The highest BCUT2D eigenvalue weighted by Gasteiger charge is 2.38. The van der Waals surface area contributed by atoms with Crippen LogP contribution in [0.3, 0.4) is 0 Å². The second kappa shape index (κ2) is 5.65. The minimum absolute atomic E-state index is 0.215. The van der Waals surface area contributed by atoms with E-state index in [2.05, 4.69) is 22.2 Å². The minimum atomic E-state index is -3.50. The zero-order valence-electron chi connectivity index (χ0n) is 11.9. The molecular weight excluding hydrogens is 278 g/mol. The molecule has 1 fully saturated rings. The molecule has 1 aliphatic heterocycles. The van der Waals surface area contributed by atoms with Gasteiger partial charge in [-0.25, -0.2) is 19.2 Å². The van der Waals surface area contributed by atoms with Gasteiger partial charge < -0.3 is 10.3 Å². The first-order chi connectivity index (χ1) is 9.36. The third-order valence-corrected chi connectivity index (χ3v) is 5.55. The maximum atomic E-state index is 12.6. The van der Waals surface area contributed by atoms with Crippen LogP contribution >= 0.6 is 0 Å². The second-order valence-electron chi connectivity index (χ2n) is 5.35. The average Bonchev–Trinajstić information content (AvgIpc) is 2.82. The molecule has 1 aromatic heterocycles. The smallest absolute Gasteiger partial charge is 0.243 e. The Morgan fingerprint density at radius 1 is 1.45 bits per heavy atom. The number of aromatic nitrogens is 1. The number of anilines is 1. The van der Waals surface area contributed by atoms with E-state index in [0.717, 1.165) is 0 Å². The number of pyridine rings is 1. The largest absolute Gasteiger partial charge is 0.308 e. The van der Waals surface area contributed by atoms with Crippen LogP contribution in [0.4, 0.5) is 5.82 Å². The maximum absolute atomic E-state index is 12.6. The Labute approximate surface area is 119 Å². The van der Waals surface area contributed by atoms with Crippen LogP contribution < -0.4 is 11.3 Å². The van der Waals surface area contributed by atoms with Crippen LogP contribution in [0.25, 0.3) is 0 Å². The zero-order chi connectivity index (χ0) is 14.9. The Bertz CT molecular complexity index is 575. The van der Waals surface area contributed by atoms with Crippen LogP contribution in [0, 0.1) is 5.92 Å². The fourth-order valence-corrected chi connectivity index (χ4v) is 4.15. The van der Waals surface area contributed by atoms with E-state index in [1.807, 2.05) is 14.1 Å². The SMILES string of the molecule is CC1CN(S(=O)(=O)c2ccnc(NN)c2)CC1N(C)C. The van der Waals surface area contributed by atoms with Gasteiger partial charge in [-0.3, -0.25) is 0 Å². The van der Waals surface area contributed by atoms with Crippen molar-refractivity contribution in [2.75, 3.05) is 32.6 Å². The Morgan fingerprint density at radius 3 is 2.70 bits per heavy atom. The van der Waals surface area contributed by atoms with Gasteiger partial charge in [-0.2, -0.15) is 4.31 Å². The molecule has 112 valence electrons. The highest BCUT2D eigenvalue weighted by Crippen LogP contribution is 2.26. The number of hydrogen-bond acceptors (Lipinski definition) is 6. The molecule has 20 heavy (non-hydrogen) atoms. The summed E-state index contributed by atoms with van der Waals surface area (Å²) >= 11 is 0. The monoisotopic (exact) mass is 299 g/mol. The van der Waals surface area contributed by atoms with Gasteiger partial charge in [0, 0.05) is 31.4 Å². The predicted octanol–water partition coefficient (Wildman–Crippen LogP) is -0.0622. The summed E-state index contributed by atoms with van der Waals surface area (Å²) in [7, 11) is 0.445. The Balaban J connectivity index is 2.27. The molecule has 1 aromatic rings. The third kappa shape index (κ3) is 2.78. The number of hydrazine groups is 1. The lowest BCUT2D eigenvalue weighted by Crippen LogP contribution is -2.35. The molecule has 2 atom stereocenters. The fourth-order valence-electron chi connectivity index (χ4n) is 2.57. The lowest BCUT2D eigenvalue weighted by Gasteiger charge is -2.22. The number of hydrogen-bond donors (Lipinski definition) is 2. The van der Waals surface area contributed by atoms with Gasteiger partial charge in [0.2, 0.25) is 10.0 Å². The van der Waals surface area contributed by atoms with Crippen molar-refractivity contribution < 1.29 is 8.42 Å². The average molecular weight is 299 g/mol. The number of nitrogens with two attached hydrogens (primary N) is 1. The van der Waals surface area contributed by atoms with Gasteiger partial charge in [0.1, 0.15) is 5.82 Å². The van der Waals surface area contributed by atoms with Crippen molar-refractivity contribution in [1.29, 1.82) is 0 Å². The molecule has 7 nitrogen and oxygen atoms in total. The summed E-state index contributed by atoms with van der Waals surface area (Å²) in [6.45, 7) is 3.10. The summed E-state index contributed by atoms with van der Waals surface area (Å²) in [5.41, 5.74) is 2.36. The number of rotatable bonds is 4. The molecule has 0 saturated carbocycles. The van der Waals surface area contributed by atoms with Crippen molar-refractivity contribution in [3.8, 4) is 0 Å². The number of nitrogens with zero attached hydrogens (tertiary/aromatic N) is 3. The molecule has 1 saturated heterocycles. The lowest BCUT2D eigenvalue weighted by molar-refractivity contribution is 0.263. The zero-order valence-corrected chi connectivity index (χ0v) is 12.8. The molecule has 2 unspecified atom stereocenters. The van der Waals surface area contributed by atoms with Crippen LogP contribution in [-0.2, 0) is 10.0 Å². The van der Waals surface area contributed by atoms with Gasteiger partial charge >= 0.3 is 0 Å². The first-order valence-electron chi connectivity index (χ1n) is 6.45. The van der Waals surface area contributed by atoms with Crippen molar-refractivity contribution in [2.24, 2.45) is 11.8 Å². The molecule has 2 heterocycles. The van der Waals surface area contributed by atoms with E-state index in [1.54, 1.807) is 0 Å². The molecule has 2 rings (SSSR count). The van der Waals surface area contributed by atoms with E-state index in [9.17, 15) is 8.42 Å². The quantitative estimate of drug-likeness (QED) is 0.598. The molecule has 1 aliphatic rings. The van der Waals surface area contributed by atoms with Gasteiger partial charge in [-0.05, 0) is 26.1 Å². The number of nitrogen functional groups attached to an aromatic ring is 1. The topological polar surface area (TPSA) is 91.6 Å². The molecule has 0 radical (unpaired) electrons. The van der Waals surface area contributed by atoms with E-state index in [1.165, 1.54) is 22.6 Å². The minimum Gasteiger partial charge on any atom is -0.308 e. The first-order valence-corrected chi connectivity index (χ1v) is 7.89. The Hall–Kier alpha value is -1.22. The summed E-state index contributed by atoms with van der Waals surface area (Å²) in [4.78, 5) is 6.21. The standard InChI is InChI=1S/C12H21N5O2S/c1-9-7-17(8-11(9)16(2)3)20(18,19)10-4-5-14-12(6-10)15-13/h4-6,9,11H,7-8,13H2,1-3H3,(H,14,15). The highest BCUT2D eigenvalue weighted by molar-refractivity contribution is 7.89. The fraction of sp³-hybridized carbons (Fsp3) is 0.583. The molecule has 0 amide bonds. The van der Waals surface area contributed by atoms with E-state index >= 15 is 0 Å². The van der Waals surface area contributed by atoms with Gasteiger partial charge in [0.15, 0.2) is 0 Å². The summed E-state index contributed by atoms with van der Waals surface area (Å²) in [5, 5.41) is 0.